The monoisotopic (exact) mass is 385 g/mol. The second-order valence-electron chi connectivity index (χ2n) is 6.86. The van der Waals surface area contributed by atoms with Crippen LogP contribution in [0, 0.1) is 11.8 Å². The summed E-state index contributed by atoms with van der Waals surface area (Å²) in [5.41, 5.74) is 1.86. The molecule has 0 amide bonds. The zero-order chi connectivity index (χ0) is 20.1. The van der Waals surface area contributed by atoms with Crippen molar-refractivity contribution in [3.05, 3.63) is 42.2 Å². The lowest BCUT2D eigenvalue weighted by Gasteiger charge is -2.21. The maximum absolute atomic E-state index is 11.9. The van der Waals surface area contributed by atoms with Crippen LogP contribution in [-0.4, -0.2) is 61.0 Å². The molecule has 1 N–H and O–H groups in total. The van der Waals surface area contributed by atoms with Crippen LogP contribution < -0.4 is 10.1 Å². The lowest BCUT2D eigenvalue weighted by atomic mass is 9.99. The molecule has 1 aromatic carbocycles. The number of hydrogen-bond acceptors (Lipinski definition) is 5. The molecule has 1 aliphatic rings. The fraction of sp³-hybridized carbons (Fsp3) is 0.450. The Morgan fingerprint density at radius 3 is 2.64 bits per heavy atom. The Balaban J connectivity index is 1.60. The first kappa shape index (κ1) is 19.7. The lowest BCUT2D eigenvalue weighted by Crippen LogP contribution is -2.40. The highest BCUT2D eigenvalue weighted by Gasteiger charge is 2.36. The third-order valence-corrected chi connectivity index (χ3v) is 5.04. The van der Waals surface area contributed by atoms with E-state index in [1.807, 2.05) is 41.2 Å². The fourth-order valence-corrected chi connectivity index (χ4v) is 3.43. The van der Waals surface area contributed by atoms with Crippen molar-refractivity contribution in [2.45, 2.75) is 13.5 Å². The van der Waals surface area contributed by atoms with Crippen LogP contribution in [0.5, 0.6) is 5.75 Å². The van der Waals surface area contributed by atoms with E-state index in [1.165, 1.54) is 7.11 Å². The minimum absolute atomic E-state index is 0.127. The third-order valence-electron chi connectivity index (χ3n) is 5.04. The first-order chi connectivity index (χ1) is 13.5. The Morgan fingerprint density at radius 1 is 1.25 bits per heavy atom. The van der Waals surface area contributed by atoms with Gasteiger partial charge in [-0.05, 0) is 36.2 Å². The molecule has 1 fully saturated rings. The molecular formula is C20H27N5O3. The Bertz CT molecular complexity index is 831. The lowest BCUT2D eigenvalue weighted by molar-refractivity contribution is -0.145. The summed E-state index contributed by atoms with van der Waals surface area (Å²) in [7, 11) is 4.83. The summed E-state index contributed by atoms with van der Waals surface area (Å²) in [5.74, 6) is 1.51. The number of rotatable bonds is 5. The summed E-state index contributed by atoms with van der Waals surface area (Å²) < 4.78 is 11.9. The minimum atomic E-state index is -0.163. The van der Waals surface area contributed by atoms with Gasteiger partial charge in [-0.3, -0.25) is 9.79 Å². The van der Waals surface area contributed by atoms with Gasteiger partial charge < -0.3 is 19.7 Å². The van der Waals surface area contributed by atoms with E-state index in [2.05, 4.69) is 27.2 Å². The number of aromatic nitrogens is 2. The van der Waals surface area contributed by atoms with Gasteiger partial charge in [0.05, 0.1) is 38.1 Å². The molecule has 8 nitrogen and oxygen atoms in total. The molecule has 28 heavy (non-hydrogen) atoms. The van der Waals surface area contributed by atoms with Gasteiger partial charge in [0.1, 0.15) is 5.75 Å². The molecule has 150 valence electrons. The molecule has 2 heterocycles. The van der Waals surface area contributed by atoms with Gasteiger partial charge in [-0.15, -0.1) is 0 Å². The molecule has 0 radical (unpaired) electrons. The number of ether oxygens (including phenoxy) is 2. The van der Waals surface area contributed by atoms with Gasteiger partial charge >= 0.3 is 5.97 Å². The molecular weight excluding hydrogens is 358 g/mol. The number of hydrogen-bond donors (Lipinski definition) is 1. The quantitative estimate of drug-likeness (QED) is 0.479. The Kier molecular flexibility index (Phi) is 6.18. The van der Waals surface area contributed by atoms with Crippen molar-refractivity contribution in [1.29, 1.82) is 0 Å². The normalized spacial score (nSPS) is 19.6. The summed E-state index contributed by atoms with van der Waals surface area (Å²) in [5, 5.41) is 7.94. The van der Waals surface area contributed by atoms with Crippen molar-refractivity contribution in [3.8, 4) is 11.4 Å². The predicted octanol–water partition coefficient (Wildman–Crippen LogP) is 1.70. The molecule has 2 atom stereocenters. The highest BCUT2D eigenvalue weighted by Crippen LogP contribution is 2.24. The van der Waals surface area contributed by atoms with Crippen LogP contribution in [0.2, 0.25) is 0 Å². The molecule has 1 saturated heterocycles. The number of benzene rings is 1. The standard InChI is InChI=1S/C20H27N5O3/c1-14-12-24(13-18(14)19(26)28-4)20(21-2)22-11-15-9-10-25(23-15)16-5-7-17(27-3)8-6-16/h5-10,14,18H,11-13H2,1-4H3,(H,21,22). The molecule has 2 unspecified atom stereocenters. The zero-order valence-corrected chi connectivity index (χ0v) is 16.8. The summed E-state index contributed by atoms with van der Waals surface area (Å²) in [6.07, 6.45) is 1.92. The van der Waals surface area contributed by atoms with Crippen LogP contribution in [0.3, 0.4) is 0 Å². The molecule has 0 aliphatic carbocycles. The average molecular weight is 385 g/mol. The Morgan fingerprint density at radius 2 is 2.00 bits per heavy atom. The van der Waals surface area contributed by atoms with E-state index in [4.69, 9.17) is 9.47 Å². The number of nitrogens with zero attached hydrogens (tertiary/aromatic N) is 4. The van der Waals surface area contributed by atoms with Gasteiger partial charge in [-0.1, -0.05) is 6.92 Å². The fourth-order valence-electron chi connectivity index (χ4n) is 3.43. The number of guanidine groups is 1. The van der Waals surface area contributed by atoms with Crippen molar-refractivity contribution in [2.24, 2.45) is 16.8 Å². The second kappa shape index (κ2) is 8.77. The summed E-state index contributed by atoms with van der Waals surface area (Å²) in [6.45, 7) is 3.97. The minimum Gasteiger partial charge on any atom is -0.497 e. The highest BCUT2D eigenvalue weighted by molar-refractivity contribution is 5.82. The van der Waals surface area contributed by atoms with Crippen LogP contribution in [0.15, 0.2) is 41.5 Å². The van der Waals surface area contributed by atoms with Crippen molar-refractivity contribution >= 4 is 11.9 Å². The zero-order valence-electron chi connectivity index (χ0n) is 16.8. The molecule has 0 saturated carbocycles. The van der Waals surface area contributed by atoms with E-state index in [9.17, 15) is 4.79 Å². The van der Waals surface area contributed by atoms with Crippen LogP contribution in [0.25, 0.3) is 5.69 Å². The van der Waals surface area contributed by atoms with Crippen molar-refractivity contribution < 1.29 is 14.3 Å². The Hall–Kier alpha value is -3.03. The first-order valence-electron chi connectivity index (χ1n) is 9.28. The number of likely N-dealkylation sites (tertiary alicyclic amines) is 1. The van der Waals surface area contributed by atoms with Crippen molar-refractivity contribution in [3.63, 3.8) is 0 Å². The number of nitrogens with one attached hydrogen (secondary N) is 1. The smallest absolute Gasteiger partial charge is 0.310 e. The first-order valence-corrected chi connectivity index (χ1v) is 9.28. The largest absolute Gasteiger partial charge is 0.497 e. The van der Waals surface area contributed by atoms with E-state index in [-0.39, 0.29) is 17.8 Å². The molecule has 1 aromatic heterocycles. The third kappa shape index (κ3) is 4.27. The van der Waals surface area contributed by atoms with E-state index in [0.29, 0.717) is 13.1 Å². The molecule has 8 heteroatoms. The number of esters is 1. The SMILES string of the molecule is CN=C(NCc1ccn(-c2ccc(OC)cc2)n1)N1CC(C)C(C(=O)OC)C1. The summed E-state index contributed by atoms with van der Waals surface area (Å²) >= 11 is 0. The van der Waals surface area contributed by atoms with Crippen LogP contribution >= 0.6 is 0 Å². The van der Waals surface area contributed by atoms with E-state index in [1.54, 1.807) is 14.2 Å². The molecule has 0 spiro atoms. The molecule has 1 aliphatic heterocycles. The maximum atomic E-state index is 11.9. The Labute approximate surface area is 165 Å². The average Bonchev–Trinajstić information content (AvgIpc) is 3.35. The number of aliphatic imine (C=N–C) groups is 1. The predicted molar refractivity (Wildman–Crippen MR) is 107 cm³/mol. The number of methoxy groups -OCH3 is 2. The van der Waals surface area contributed by atoms with Crippen LogP contribution in [0.1, 0.15) is 12.6 Å². The highest BCUT2D eigenvalue weighted by atomic mass is 16.5. The molecule has 0 bridgehead atoms. The number of carbonyl (C=O) groups excluding carboxylic acids is 1. The second-order valence-corrected chi connectivity index (χ2v) is 6.86. The summed E-state index contributed by atoms with van der Waals surface area (Å²) in [4.78, 5) is 18.4. The van der Waals surface area contributed by atoms with Gasteiger partial charge in [0.2, 0.25) is 0 Å². The topological polar surface area (TPSA) is 81.0 Å². The number of carbonyl (C=O) groups is 1. The van der Waals surface area contributed by atoms with E-state index < -0.39 is 0 Å². The van der Waals surface area contributed by atoms with Gasteiger partial charge in [-0.2, -0.15) is 5.10 Å². The molecule has 3 rings (SSSR count). The maximum Gasteiger partial charge on any atom is 0.310 e. The van der Waals surface area contributed by atoms with Crippen LogP contribution in [0.4, 0.5) is 0 Å². The van der Waals surface area contributed by atoms with Gasteiger partial charge in [0, 0.05) is 26.3 Å². The summed E-state index contributed by atoms with van der Waals surface area (Å²) in [6, 6.07) is 9.70. The van der Waals surface area contributed by atoms with Gasteiger partial charge in [-0.25, -0.2) is 4.68 Å². The van der Waals surface area contributed by atoms with Gasteiger partial charge in [0.25, 0.3) is 0 Å². The molecule has 2 aromatic rings. The van der Waals surface area contributed by atoms with Crippen molar-refractivity contribution in [1.82, 2.24) is 20.0 Å². The van der Waals surface area contributed by atoms with Crippen molar-refractivity contribution in [2.75, 3.05) is 34.4 Å². The van der Waals surface area contributed by atoms with E-state index >= 15 is 0 Å². The van der Waals surface area contributed by atoms with E-state index in [0.717, 1.165) is 29.6 Å². The van der Waals surface area contributed by atoms with Crippen LogP contribution in [-0.2, 0) is 16.1 Å². The van der Waals surface area contributed by atoms with Gasteiger partial charge in [0.15, 0.2) is 5.96 Å².